The SMILES string of the molecule is CS(=O)(=O)c1cccc(NCCCc2nc3c(s2)CCCC3)c1[N+](=O)[O-]. The van der Waals surface area contributed by atoms with E-state index in [2.05, 4.69) is 5.32 Å². The lowest BCUT2D eigenvalue weighted by Gasteiger charge is -2.09. The summed E-state index contributed by atoms with van der Waals surface area (Å²) in [6.45, 7) is 0.512. The second-order valence-corrected chi connectivity index (χ2v) is 9.55. The molecule has 1 aromatic carbocycles. The molecule has 1 aliphatic carbocycles. The summed E-state index contributed by atoms with van der Waals surface area (Å²) in [5.74, 6) is 0. The van der Waals surface area contributed by atoms with Crippen molar-refractivity contribution in [2.45, 2.75) is 43.4 Å². The monoisotopic (exact) mass is 395 g/mol. The van der Waals surface area contributed by atoms with Crippen LogP contribution in [0.2, 0.25) is 0 Å². The van der Waals surface area contributed by atoms with E-state index in [0.717, 1.165) is 36.9 Å². The fourth-order valence-electron chi connectivity index (χ4n) is 3.13. The van der Waals surface area contributed by atoms with Crippen LogP contribution in [0.1, 0.15) is 34.8 Å². The lowest BCUT2D eigenvalue weighted by molar-refractivity contribution is -0.386. The molecule has 9 heteroatoms. The molecule has 7 nitrogen and oxygen atoms in total. The maximum Gasteiger partial charge on any atom is 0.310 e. The van der Waals surface area contributed by atoms with Gasteiger partial charge in [0, 0.05) is 24.1 Å². The van der Waals surface area contributed by atoms with Crippen molar-refractivity contribution < 1.29 is 13.3 Å². The molecule has 0 unspecified atom stereocenters. The Morgan fingerprint density at radius 2 is 2.08 bits per heavy atom. The van der Waals surface area contributed by atoms with Crippen LogP contribution in [0.3, 0.4) is 0 Å². The minimum absolute atomic E-state index is 0.233. The van der Waals surface area contributed by atoms with E-state index in [9.17, 15) is 18.5 Å². The highest BCUT2D eigenvalue weighted by atomic mass is 32.2. The predicted molar refractivity (Wildman–Crippen MR) is 102 cm³/mol. The Labute approximate surface area is 156 Å². The fourth-order valence-corrected chi connectivity index (χ4v) is 5.19. The number of nitro benzene ring substituents is 1. The number of rotatable bonds is 7. The minimum Gasteiger partial charge on any atom is -0.379 e. The number of sulfone groups is 1. The van der Waals surface area contributed by atoms with E-state index in [0.29, 0.717) is 6.54 Å². The second kappa shape index (κ2) is 7.71. The number of para-hydroxylation sites is 1. The quantitative estimate of drug-likeness (QED) is 0.438. The Hall–Kier alpha value is -2.00. The van der Waals surface area contributed by atoms with Crippen molar-refractivity contribution in [2.75, 3.05) is 18.1 Å². The van der Waals surface area contributed by atoms with E-state index in [1.807, 2.05) is 0 Å². The number of hydrogen-bond donors (Lipinski definition) is 1. The van der Waals surface area contributed by atoms with Gasteiger partial charge in [0.25, 0.3) is 0 Å². The first-order valence-electron chi connectivity index (χ1n) is 8.55. The molecule has 0 atom stereocenters. The highest BCUT2D eigenvalue weighted by Crippen LogP contribution is 2.32. The summed E-state index contributed by atoms with van der Waals surface area (Å²) in [7, 11) is -3.67. The first-order chi connectivity index (χ1) is 12.4. The number of thiazole rings is 1. The molecule has 0 bridgehead atoms. The van der Waals surface area contributed by atoms with E-state index in [-0.39, 0.29) is 16.3 Å². The molecule has 0 radical (unpaired) electrons. The summed E-state index contributed by atoms with van der Waals surface area (Å²) < 4.78 is 23.6. The van der Waals surface area contributed by atoms with Crippen molar-refractivity contribution in [3.05, 3.63) is 43.9 Å². The Balaban J connectivity index is 1.65. The van der Waals surface area contributed by atoms with Gasteiger partial charge in [-0.15, -0.1) is 11.3 Å². The summed E-state index contributed by atoms with van der Waals surface area (Å²) in [6.07, 6.45) is 7.18. The van der Waals surface area contributed by atoms with Gasteiger partial charge in [-0.1, -0.05) is 6.07 Å². The van der Waals surface area contributed by atoms with E-state index in [4.69, 9.17) is 4.98 Å². The van der Waals surface area contributed by atoms with Crippen molar-refractivity contribution in [2.24, 2.45) is 0 Å². The summed E-state index contributed by atoms with van der Waals surface area (Å²) in [4.78, 5) is 16.5. The lowest BCUT2D eigenvalue weighted by Crippen LogP contribution is -2.09. The number of fused-ring (bicyclic) bond motifs is 1. The van der Waals surface area contributed by atoms with Crippen LogP contribution >= 0.6 is 11.3 Å². The van der Waals surface area contributed by atoms with Crippen molar-refractivity contribution in [3.8, 4) is 0 Å². The van der Waals surface area contributed by atoms with Crippen LogP contribution in [-0.4, -0.2) is 31.1 Å². The Kier molecular flexibility index (Phi) is 5.57. The number of aromatic nitrogens is 1. The molecule has 1 aromatic heterocycles. The van der Waals surface area contributed by atoms with Gasteiger partial charge in [0.1, 0.15) is 10.6 Å². The lowest BCUT2D eigenvalue weighted by atomic mass is 10.0. The average molecular weight is 396 g/mol. The summed E-state index contributed by atoms with van der Waals surface area (Å²) in [6, 6.07) is 4.31. The van der Waals surface area contributed by atoms with Crippen molar-refractivity contribution in [3.63, 3.8) is 0 Å². The summed E-state index contributed by atoms with van der Waals surface area (Å²) in [5, 5.41) is 15.5. The van der Waals surface area contributed by atoms with Crippen LogP contribution in [-0.2, 0) is 29.1 Å². The zero-order valence-electron chi connectivity index (χ0n) is 14.5. The van der Waals surface area contributed by atoms with Gasteiger partial charge in [-0.05, 0) is 44.2 Å². The molecule has 0 saturated carbocycles. The number of hydrogen-bond acceptors (Lipinski definition) is 7. The maximum absolute atomic E-state index is 11.8. The third-order valence-electron chi connectivity index (χ3n) is 4.35. The number of aryl methyl sites for hydroxylation is 3. The molecule has 2 aromatic rings. The summed E-state index contributed by atoms with van der Waals surface area (Å²) >= 11 is 1.77. The third-order valence-corrected chi connectivity index (χ3v) is 6.70. The van der Waals surface area contributed by atoms with Crippen LogP contribution in [0.4, 0.5) is 11.4 Å². The highest BCUT2D eigenvalue weighted by molar-refractivity contribution is 7.90. The van der Waals surface area contributed by atoms with Crippen LogP contribution in [0.15, 0.2) is 23.1 Å². The smallest absolute Gasteiger partial charge is 0.310 e. The number of nitrogens with one attached hydrogen (secondary N) is 1. The van der Waals surface area contributed by atoms with Crippen LogP contribution in [0.5, 0.6) is 0 Å². The molecule has 0 spiro atoms. The number of nitrogens with zero attached hydrogens (tertiary/aromatic N) is 2. The molecule has 0 aliphatic heterocycles. The molecule has 0 amide bonds. The largest absolute Gasteiger partial charge is 0.379 e. The maximum atomic E-state index is 11.8. The van der Waals surface area contributed by atoms with Crippen LogP contribution < -0.4 is 5.32 Å². The topological polar surface area (TPSA) is 102 Å². The number of nitro groups is 1. The van der Waals surface area contributed by atoms with Crippen molar-refractivity contribution in [1.29, 1.82) is 0 Å². The van der Waals surface area contributed by atoms with Crippen molar-refractivity contribution >= 4 is 32.5 Å². The molecular weight excluding hydrogens is 374 g/mol. The first-order valence-corrected chi connectivity index (χ1v) is 11.3. The van der Waals surface area contributed by atoms with E-state index >= 15 is 0 Å². The fraction of sp³-hybridized carbons (Fsp3) is 0.471. The molecule has 0 fully saturated rings. The van der Waals surface area contributed by atoms with Gasteiger partial charge >= 0.3 is 5.69 Å². The molecule has 1 heterocycles. The standard InChI is InChI=1S/C17H21N3O4S2/c1-26(23,24)15-9-4-7-13(17(15)20(21)22)18-11-5-10-16-19-12-6-2-3-8-14(12)25-16/h4,7,9,18H,2-3,5-6,8,10-11H2,1H3. The van der Waals surface area contributed by atoms with Gasteiger partial charge < -0.3 is 5.32 Å². The van der Waals surface area contributed by atoms with Gasteiger partial charge in [-0.3, -0.25) is 10.1 Å². The minimum atomic E-state index is -3.67. The van der Waals surface area contributed by atoms with Gasteiger partial charge in [0.2, 0.25) is 0 Å². The predicted octanol–water partition coefficient (Wildman–Crippen LogP) is 3.38. The Bertz CT molecular complexity index is 899. The first kappa shape index (κ1) is 18.8. The van der Waals surface area contributed by atoms with E-state index in [1.165, 1.54) is 41.6 Å². The normalized spacial score (nSPS) is 14.0. The van der Waals surface area contributed by atoms with Crippen LogP contribution in [0, 0.1) is 10.1 Å². The van der Waals surface area contributed by atoms with Gasteiger partial charge in [-0.25, -0.2) is 13.4 Å². The number of benzene rings is 1. The molecule has 0 saturated heterocycles. The highest BCUT2D eigenvalue weighted by Gasteiger charge is 2.25. The Morgan fingerprint density at radius 3 is 2.77 bits per heavy atom. The average Bonchev–Trinajstić information content (AvgIpc) is 3.00. The van der Waals surface area contributed by atoms with Crippen molar-refractivity contribution in [1.82, 2.24) is 4.98 Å². The Morgan fingerprint density at radius 1 is 1.31 bits per heavy atom. The molecule has 140 valence electrons. The van der Waals surface area contributed by atoms with Gasteiger partial charge in [-0.2, -0.15) is 0 Å². The molecule has 26 heavy (non-hydrogen) atoms. The zero-order chi connectivity index (χ0) is 18.7. The number of anilines is 1. The molecular formula is C17H21N3O4S2. The molecule has 1 N–H and O–H groups in total. The second-order valence-electron chi connectivity index (χ2n) is 6.40. The van der Waals surface area contributed by atoms with E-state index in [1.54, 1.807) is 11.3 Å². The summed E-state index contributed by atoms with van der Waals surface area (Å²) in [5.41, 5.74) is 1.08. The molecule has 3 rings (SSSR count). The zero-order valence-corrected chi connectivity index (χ0v) is 16.2. The van der Waals surface area contributed by atoms with Crippen LogP contribution in [0.25, 0.3) is 0 Å². The van der Waals surface area contributed by atoms with Gasteiger partial charge in [0.05, 0.1) is 15.6 Å². The van der Waals surface area contributed by atoms with E-state index < -0.39 is 14.8 Å². The third kappa shape index (κ3) is 4.21. The van der Waals surface area contributed by atoms with Gasteiger partial charge in [0.15, 0.2) is 9.84 Å². The molecule has 1 aliphatic rings.